The van der Waals surface area contributed by atoms with Crippen LogP contribution >= 0.6 is 0 Å². The molecule has 2 saturated heterocycles. The van der Waals surface area contributed by atoms with Crippen LogP contribution in [-0.2, 0) is 16.1 Å². The Morgan fingerprint density at radius 1 is 1.19 bits per heavy atom. The molecule has 0 radical (unpaired) electrons. The van der Waals surface area contributed by atoms with Gasteiger partial charge in [-0.2, -0.15) is 0 Å². The highest BCUT2D eigenvalue weighted by atomic mass is 16.2. The van der Waals surface area contributed by atoms with Gasteiger partial charge < -0.3 is 14.7 Å². The zero-order valence-corrected chi connectivity index (χ0v) is 17.0. The fourth-order valence-electron chi connectivity index (χ4n) is 4.54. The van der Waals surface area contributed by atoms with Gasteiger partial charge in [0.25, 0.3) is 0 Å². The predicted molar refractivity (Wildman–Crippen MR) is 109 cm³/mol. The number of nitrogens with zero attached hydrogens (tertiary/aromatic N) is 3. The monoisotopic (exact) mass is 371 g/mol. The summed E-state index contributed by atoms with van der Waals surface area (Å²) in [6, 6.07) is 8.65. The highest BCUT2D eigenvalue weighted by Gasteiger charge is 2.38. The van der Waals surface area contributed by atoms with Gasteiger partial charge in [-0.25, -0.2) is 0 Å². The summed E-state index contributed by atoms with van der Waals surface area (Å²) in [4.78, 5) is 31.6. The Morgan fingerprint density at radius 2 is 1.85 bits per heavy atom. The first-order chi connectivity index (χ1) is 13.0. The molecule has 2 amide bonds. The summed E-state index contributed by atoms with van der Waals surface area (Å²) in [6.07, 6.45) is 4.72. The molecule has 1 aromatic carbocycles. The van der Waals surface area contributed by atoms with Crippen LogP contribution in [0.3, 0.4) is 0 Å². The average Bonchev–Trinajstić information content (AvgIpc) is 3.33. The summed E-state index contributed by atoms with van der Waals surface area (Å²) >= 11 is 0. The van der Waals surface area contributed by atoms with Crippen molar-refractivity contribution in [3.8, 4) is 0 Å². The molecule has 2 fully saturated rings. The van der Waals surface area contributed by atoms with Crippen molar-refractivity contribution >= 4 is 17.5 Å². The Bertz CT molecular complexity index is 665. The van der Waals surface area contributed by atoms with Crippen LogP contribution in [0.15, 0.2) is 24.3 Å². The third-order valence-corrected chi connectivity index (χ3v) is 6.11. The molecule has 2 aliphatic rings. The lowest BCUT2D eigenvalue weighted by molar-refractivity contribution is -0.135. The molecule has 1 unspecified atom stereocenters. The molecular formula is C22H33N3O2. The lowest BCUT2D eigenvalue weighted by Crippen LogP contribution is -2.38. The van der Waals surface area contributed by atoms with E-state index in [9.17, 15) is 9.59 Å². The number of hydrogen-bond acceptors (Lipinski definition) is 3. The summed E-state index contributed by atoms with van der Waals surface area (Å²) in [6.45, 7) is 7.58. The van der Waals surface area contributed by atoms with Crippen LogP contribution in [0.4, 0.5) is 5.69 Å². The molecule has 0 spiro atoms. The minimum Gasteiger partial charge on any atom is -0.371 e. The molecule has 5 heteroatoms. The van der Waals surface area contributed by atoms with E-state index in [-0.39, 0.29) is 23.8 Å². The minimum atomic E-state index is -0.206. The predicted octanol–water partition coefficient (Wildman–Crippen LogP) is 3.28. The number of carbonyl (C=O) groups excluding carboxylic acids is 2. The maximum atomic E-state index is 13.0. The largest absolute Gasteiger partial charge is 0.371 e. The third-order valence-electron chi connectivity index (χ3n) is 6.11. The van der Waals surface area contributed by atoms with Crippen LogP contribution in [0.2, 0.25) is 0 Å². The van der Waals surface area contributed by atoms with E-state index in [1.807, 2.05) is 22.9 Å². The van der Waals surface area contributed by atoms with Crippen LogP contribution < -0.4 is 4.90 Å². The van der Waals surface area contributed by atoms with E-state index in [1.54, 1.807) is 0 Å². The van der Waals surface area contributed by atoms with Gasteiger partial charge in [0.2, 0.25) is 11.8 Å². The van der Waals surface area contributed by atoms with E-state index in [2.05, 4.69) is 36.9 Å². The number of amides is 2. The van der Waals surface area contributed by atoms with Crippen molar-refractivity contribution in [2.75, 3.05) is 31.6 Å². The van der Waals surface area contributed by atoms with E-state index >= 15 is 0 Å². The van der Waals surface area contributed by atoms with Gasteiger partial charge in [0.15, 0.2) is 0 Å². The molecule has 2 heterocycles. The normalized spacial score (nSPS) is 20.0. The van der Waals surface area contributed by atoms with Crippen LogP contribution in [0, 0.1) is 5.92 Å². The molecule has 0 saturated carbocycles. The molecule has 1 aromatic rings. The van der Waals surface area contributed by atoms with Crippen LogP contribution in [0.1, 0.15) is 51.5 Å². The molecule has 2 aliphatic heterocycles. The van der Waals surface area contributed by atoms with Gasteiger partial charge in [-0.3, -0.25) is 9.59 Å². The summed E-state index contributed by atoms with van der Waals surface area (Å²) in [7, 11) is 1.87. The van der Waals surface area contributed by atoms with Crippen molar-refractivity contribution in [3.05, 3.63) is 29.8 Å². The first-order valence-electron chi connectivity index (χ1n) is 10.4. The Kier molecular flexibility index (Phi) is 6.40. The zero-order valence-electron chi connectivity index (χ0n) is 17.0. The first-order valence-corrected chi connectivity index (χ1v) is 10.4. The van der Waals surface area contributed by atoms with Crippen molar-refractivity contribution < 1.29 is 9.59 Å². The van der Waals surface area contributed by atoms with E-state index in [0.29, 0.717) is 19.5 Å². The van der Waals surface area contributed by atoms with Gasteiger partial charge in [-0.15, -0.1) is 0 Å². The molecule has 0 aliphatic carbocycles. The molecule has 0 aromatic heterocycles. The summed E-state index contributed by atoms with van der Waals surface area (Å²) in [5.74, 6) is 0.0167. The number of para-hydroxylation sites is 1. The minimum absolute atomic E-state index is 0.0908. The fourth-order valence-corrected chi connectivity index (χ4v) is 4.54. The number of benzene rings is 1. The Hall–Kier alpha value is -2.04. The standard InChI is InChI=1S/C22H33N3O2/c1-4-19(5-2)25-16-18(14-21(25)26)22(27)23(3)15-17-10-6-7-11-20(17)24-12-8-9-13-24/h6-7,10-11,18-19H,4-5,8-9,12-16H2,1-3H3. The van der Waals surface area contributed by atoms with E-state index in [1.165, 1.54) is 24.1 Å². The number of anilines is 1. The topological polar surface area (TPSA) is 43.9 Å². The summed E-state index contributed by atoms with van der Waals surface area (Å²) in [5.41, 5.74) is 2.44. The van der Waals surface area contributed by atoms with Gasteiger partial charge in [-0.1, -0.05) is 32.0 Å². The lowest BCUT2D eigenvalue weighted by atomic mass is 10.1. The second-order valence-corrected chi connectivity index (χ2v) is 7.93. The number of likely N-dealkylation sites (tertiary alicyclic amines) is 1. The molecular weight excluding hydrogens is 338 g/mol. The van der Waals surface area contributed by atoms with Crippen molar-refractivity contribution in [2.45, 2.75) is 58.5 Å². The SMILES string of the molecule is CCC(CC)N1CC(C(=O)N(C)Cc2ccccc2N2CCCC2)CC1=O. The van der Waals surface area contributed by atoms with Crippen LogP contribution in [-0.4, -0.2) is 54.3 Å². The molecule has 3 rings (SSSR count). The van der Waals surface area contributed by atoms with Crippen LogP contribution in [0.25, 0.3) is 0 Å². The van der Waals surface area contributed by atoms with E-state index in [0.717, 1.165) is 25.9 Å². The molecule has 1 atom stereocenters. The van der Waals surface area contributed by atoms with Crippen molar-refractivity contribution in [2.24, 2.45) is 5.92 Å². The van der Waals surface area contributed by atoms with Crippen molar-refractivity contribution in [1.29, 1.82) is 0 Å². The van der Waals surface area contributed by atoms with E-state index < -0.39 is 0 Å². The quantitative estimate of drug-likeness (QED) is 0.739. The second kappa shape index (κ2) is 8.77. The van der Waals surface area contributed by atoms with Gasteiger partial charge in [0.05, 0.1) is 5.92 Å². The Balaban J connectivity index is 1.66. The summed E-state index contributed by atoms with van der Waals surface area (Å²) < 4.78 is 0. The number of hydrogen-bond donors (Lipinski definition) is 0. The maximum Gasteiger partial charge on any atom is 0.228 e. The van der Waals surface area contributed by atoms with E-state index in [4.69, 9.17) is 0 Å². The Labute approximate surface area is 163 Å². The molecule has 27 heavy (non-hydrogen) atoms. The number of rotatable bonds is 7. The second-order valence-electron chi connectivity index (χ2n) is 7.93. The van der Waals surface area contributed by atoms with Crippen molar-refractivity contribution in [1.82, 2.24) is 9.80 Å². The van der Waals surface area contributed by atoms with Gasteiger partial charge >= 0.3 is 0 Å². The zero-order chi connectivity index (χ0) is 19.4. The van der Waals surface area contributed by atoms with Gasteiger partial charge in [-0.05, 0) is 37.3 Å². The highest BCUT2D eigenvalue weighted by molar-refractivity contribution is 5.89. The average molecular weight is 372 g/mol. The highest BCUT2D eigenvalue weighted by Crippen LogP contribution is 2.28. The lowest BCUT2D eigenvalue weighted by Gasteiger charge is -2.27. The fraction of sp³-hybridized carbons (Fsp3) is 0.636. The number of carbonyl (C=O) groups is 2. The summed E-state index contributed by atoms with van der Waals surface area (Å²) in [5, 5.41) is 0. The first kappa shape index (κ1) is 19.7. The molecule has 5 nitrogen and oxygen atoms in total. The third kappa shape index (κ3) is 4.28. The van der Waals surface area contributed by atoms with Crippen LogP contribution in [0.5, 0.6) is 0 Å². The maximum absolute atomic E-state index is 13.0. The van der Waals surface area contributed by atoms with Gasteiger partial charge in [0, 0.05) is 51.4 Å². The van der Waals surface area contributed by atoms with Crippen molar-refractivity contribution in [3.63, 3.8) is 0 Å². The Morgan fingerprint density at radius 3 is 2.52 bits per heavy atom. The molecule has 0 bridgehead atoms. The molecule has 148 valence electrons. The van der Waals surface area contributed by atoms with Gasteiger partial charge in [0.1, 0.15) is 0 Å². The smallest absolute Gasteiger partial charge is 0.228 e. The molecule has 0 N–H and O–H groups in total.